The highest BCUT2D eigenvalue weighted by Gasteiger charge is 2.42. The van der Waals surface area contributed by atoms with Crippen molar-refractivity contribution in [2.45, 2.75) is 39.8 Å². The molecule has 3 aromatic carbocycles. The maximum atomic E-state index is 6.44. The maximum Gasteiger partial charge on any atom is 0.174 e. The number of ether oxygens (including phenoxy) is 1. The monoisotopic (exact) mass is 578 g/mol. The van der Waals surface area contributed by atoms with E-state index in [1.54, 1.807) is 0 Å². The molecule has 0 aliphatic carbocycles. The van der Waals surface area contributed by atoms with E-state index in [0.717, 1.165) is 51.1 Å². The SMILES string of the molecule is Cc1ccccc1Oc1ccc(N2C(=S)N[C@@H](c3ccccn3)[C@H]2c2cc(C)n(-c3cc(Cl)ccc3C)c2C)cc1. The number of nitrogens with zero attached hydrogens (tertiary/aromatic N) is 3. The molecule has 5 nitrogen and oxygen atoms in total. The molecule has 6 rings (SSSR count). The zero-order valence-electron chi connectivity index (χ0n) is 23.4. The van der Waals surface area contributed by atoms with Crippen molar-refractivity contribution in [3.8, 4) is 17.2 Å². The Balaban J connectivity index is 1.43. The molecular formula is C34H31ClN4OS. The second kappa shape index (κ2) is 11.0. The summed E-state index contributed by atoms with van der Waals surface area (Å²) < 4.78 is 8.45. The van der Waals surface area contributed by atoms with Crippen molar-refractivity contribution in [2.75, 3.05) is 4.90 Å². The Hall–Kier alpha value is -4.13. The Morgan fingerprint density at radius 3 is 2.34 bits per heavy atom. The van der Waals surface area contributed by atoms with Crippen molar-refractivity contribution < 1.29 is 4.74 Å². The molecule has 0 bridgehead atoms. The van der Waals surface area contributed by atoms with Gasteiger partial charge in [-0.15, -0.1) is 0 Å². The molecule has 3 heterocycles. The Morgan fingerprint density at radius 2 is 1.61 bits per heavy atom. The third-order valence-electron chi connectivity index (χ3n) is 7.74. The number of nitrogens with one attached hydrogen (secondary N) is 1. The van der Waals surface area contributed by atoms with E-state index in [1.165, 1.54) is 5.56 Å². The largest absolute Gasteiger partial charge is 0.457 e. The maximum absolute atomic E-state index is 6.44. The molecule has 2 aromatic heterocycles. The number of halogens is 1. The summed E-state index contributed by atoms with van der Waals surface area (Å²) in [6.45, 7) is 8.45. The van der Waals surface area contributed by atoms with Gasteiger partial charge in [0.25, 0.3) is 0 Å². The van der Waals surface area contributed by atoms with Gasteiger partial charge in [-0.3, -0.25) is 4.98 Å². The summed E-state index contributed by atoms with van der Waals surface area (Å²) in [5.41, 5.74) is 8.67. The highest BCUT2D eigenvalue weighted by atomic mass is 35.5. The average Bonchev–Trinajstić information content (AvgIpc) is 3.47. The molecular weight excluding hydrogens is 548 g/mol. The zero-order chi connectivity index (χ0) is 28.7. The molecule has 0 amide bonds. The molecule has 206 valence electrons. The van der Waals surface area contributed by atoms with Crippen LogP contribution in [0.1, 0.15) is 45.9 Å². The van der Waals surface area contributed by atoms with Crippen LogP contribution in [0.5, 0.6) is 11.5 Å². The molecule has 0 unspecified atom stereocenters. The summed E-state index contributed by atoms with van der Waals surface area (Å²) >= 11 is 12.4. The average molecular weight is 579 g/mol. The lowest BCUT2D eigenvalue weighted by molar-refractivity contribution is 0.479. The molecule has 5 aromatic rings. The van der Waals surface area contributed by atoms with Gasteiger partial charge >= 0.3 is 0 Å². The van der Waals surface area contributed by atoms with Crippen LogP contribution in [0.4, 0.5) is 5.69 Å². The fourth-order valence-corrected chi connectivity index (χ4v) is 6.22. The second-order valence-corrected chi connectivity index (χ2v) is 11.3. The molecule has 1 aliphatic rings. The number of aromatic nitrogens is 2. The minimum absolute atomic E-state index is 0.125. The fraction of sp³-hybridized carbons (Fsp3) is 0.176. The normalized spacial score (nSPS) is 16.6. The fourth-order valence-electron chi connectivity index (χ4n) is 5.70. The van der Waals surface area contributed by atoms with Gasteiger partial charge in [0.1, 0.15) is 11.5 Å². The van der Waals surface area contributed by atoms with Gasteiger partial charge in [0.05, 0.1) is 17.8 Å². The summed E-state index contributed by atoms with van der Waals surface area (Å²) in [6.07, 6.45) is 1.83. The number of aryl methyl sites for hydroxylation is 3. The first kappa shape index (κ1) is 27.1. The minimum Gasteiger partial charge on any atom is -0.457 e. The van der Waals surface area contributed by atoms with Crippen LogP contribution >= 0.6 is 23.8 Å². The summed E-state index contributed by atoms with van der Waals surface area (Å²) in [7, 11) is 0. The molecule has 1 fully saturated rings. The Kier molecular flexibility index (Phi) is 7.28. The highest BCUT2D eigenvalue weighted by molar-refractivity contribution is 7.80. The number of pyridine rings is 1. The van der Waals surface area contributed by atoms with Crippen LogP contribution in [0.3, 0.4) is 0 Å². The Labute approximate surface area is 251 Å². The van der Waals surface area contributed by atoms with Gasteiger partial charge in [-0.05, 0) is 117 Å². The van der Waals surface area contributed by atoms with E-state index < -0.39 is 0 Å². The first-order valence-corrected chi connectivity index (χ1v) is 14.4. The molecule has 1 saturated heterocycles. The Morgan fingerprint density at radius 1 is 0.854 bits per heavy atom. The van der Waals surface area contributed by atoms with E-state index in [4.69, 9.17) is 33.5 Å². The van der Waals surface area contributed by atoms with Crippen LogP contribution in [0.2, 0.25) is 5.02 Å². The number of rotatable bonds is 6. The summed E-state index contributed by atoms with van der Waals surface area (Å²) in [6, 6.07) is 30.2. The predicted octanol–water partition coefficient (Wildman–Crippen LogP) is 8.73. The van der Waals surface area contributed by atoms with Gasteiger partial charge in [-0.25, -0.2) is 0 Å². The highest BCUT2D eigenvalue weighted by Crippen LogP contribution is 2.44. The Bertz CT molecular complexity index is 1730. The lowest BCUT2D eigenvalue weighted by atomic mass is 9.96. The predicted molar refractivity (Wildman–Crippen MR) is 171 cm³/mol. The number of benzene rings is 3. The molecule has 1 aliphatic heterocycles. The number of para-hydroxylation sites is 1. The summed E-state index contributed by atoms with van der Waals surface area (Å²) in [4.78, 5) is 6.92. The number of thiocarbonyl (C=S) groups is 1. The third kappa shape index (κ3) is 5.09. The molecule has 0 radical (unpaired) electrons. The van der Waals surface area contributed by atoms with Crippen molar-refractivity contribution in [2.24, 2.45) is 0 Å². The van der Waals surface area contributed by atoms with E-state index in [0.29, 0.717) is 10.1 Å². The number of hydrogen-bond acceptors (Lipinski definition) is 3. The van der Waals surface area contributed by atoms with Gasteiger partial charge in [-0.2, -0.15) is 0 Å². The molecule has 0 saturated carbocycles. The molecule has 2 atom stereocenters. The first-order chi connectivity index (χ1) is 19.8. The topological polar surface area (TPSA) is 42.3 Å². The third-order valence-corrected chi connectivity index (χ3v) is 8.29. The molecule has 7 heteroatoms. The number of hydrogen-bond donors (Lipinski definition) is 1. The van der Waals surface area contributed by atoms with Gasteiger partial charge < -0.3 is 19.5 Å². The second-order valence-electron chi connectivity index (χ2n) is 10.5. The summed E-state index contributed by atoms with van der Waals surface area (Å²) in [5, 5.41) is 4.95. The van der Waals surface area contributed by atoms with E-state index in [2.05, 4.69) is 65.9 Å². The quantitative estimate of drug-likeness (QED) is 0.204. The van der Waals surface area contributed by atoms with E-state index in [9.17, 15) is 0 Å². The van der Waals surface area contributed by atoms with Crippen LogP contribution in [0.15, 0.2) is 97.2 Å². The van der Waals surface area contributed by atoms with Crippen molar-refractivity contribution >= 4 is 34.6 Å². The first-order valence-electron chi connectivity index (χ1n) is 13.6. The summed E-state index contributed by atoms with van der Waals surface area (Å²) in [5.74, 6) is 1.61. The van der Waals surface area contributed by atoms with Crippen LogP contribution in [0.25, 0.3) is 5.69 Å². The number of anilines is 1. The van der Waals surface area contributed by atoms with E-state index in [-0.39, 0.29) is 12.1 Å². The van der Waals surface area contributed by atoms with Crippen molar-refractivity contribution in [3.63, 3.8) is 0 Å². The van der Waals surface area contributed by atoms with Gasteiger partial charge in [-0.1, -0.05) is 41.9 Å². The lowest BCUT2D eigenvalue weighted by Gasteiger charge is -2.28. The van der Waals surface area contributed by atoms with Crippen molar-refractivity contribution in [1.29, 1.82) is 0 Å². The minimum atomic E-state index is -0.138. The molecule has 41 heavy (non-hydrogen) atoms. The van der Waals surface area contributed by atoms with E-state index >= 15 is 0 Å². The zero-order valence-corrected chi connectivity index (χ0v) is 25.0. The van der Waals surface area contributed by atoms with Crippen LogP contribution in [-0.2, 0) is 0 Å². The van der Waals surface area contributed by atoms with E-state index in [1.807, 2.05) is 73.8 Å². The van der Waals surface area contributed by atoms with Gasteiger partial charge in [0.2, 0.25) is 0 Å². The van der Waals surface area contributed by atoms with Crippen LogP contribution in [-0.4, -0.2) is 14.7 Å². The van der Waals surface area contributed by atoms with Gasteiger partial charge in [0, 0.05) is 34.0 Å². The molecule has 1 N–H and O–H groups in total. The standard InChI is InChI=1S/C34H31ClN4OS/c1-21-12-13-25(35)20-30(21)38-23(3)19-28(24(38)4)33-32(29-10-7-8-18-36-29)37-34(41)39(33)26-14-16-27(17-15-26)40-31-11-6-5-9-22(31)2/h5-20,32-33H,1-4H3,(H,37,41)/t32-,33+/m0/s1. The lowest BCUT2D eigenvalue weighted by Crippen LogP contribution is -2.29. The van der Waals surface area contributed by atoms with Crippen molar-refractivity contribution in [1.82, 2.24) is 14.9 Å². The smallest absolute Gasteiger partial charge is 0.174 e. The van der Waals surface area contributed by atoms with Crippen LogP contribution < -0.4 is 15.0 Å². The van der Waals surface area contributed by atoms with Crippen molar-refractivity contribution in [3.05, 3.63) is 136 Å². The van der Waals surface area contributed by atoms with Gasteiger partial charge in [0.15, 0.2) is 5.11 Å². The molecule has 0 spiro atoms. The van der Waals surface area contributed by atoms with Crippen LogP contribution in [0, 0.1) is 27.7 Å².